The van der Waals surface area contributed by atoms with Crippen LogP contribution in [0.1, 0.15) is 11.3 Å². The molecule has 5 rings (SSSR count). The predicted octanol–water partition coefficient (Wildman–Crippen LogP) is 4.58. The number of hydrogen-bond acceptors (Lipinski definition) is 7. The maximum Gasteiger partial charge on any atom is 0.200 e. The Morgan fingerprint density at radius 3 is 2.71 bits per heavy atom. The number of hydrogen-bond donors (Lipinski definition) is 0. The molecule has 1 aromatic carbocycles. The number of rotatable bonds is 5. The minimum absolute atomic E-state index is 0.487. The zero-order valence-electron chi connectivity index (χ0n) is 14.9. The molecular weight excluding hydrogens is 374 g/mol. The predicted molar refractivity (Wildman–Crippen MR) is 104 cm³/mol. The quantitative estimate of drug-likeness (QED) is 0.407. The second-order valence-electron chi connectivity index (χ2n) is 6.25. The molecule has 0 saturated carbocycles. The van der Waals surface area contributed by atoms with Gasteiger partial charge in [0.25, 0.3) is 0 Å². The fourth-order valence-electron chi connectivity index (χ4n) is 2.97. The average Bonchev–Trinajstić information content (AvgIpc) is 3.46. The molecule has 7 nitrogen and oxygen atoms in total. The largest absolute Gasteiger partial charge is 0.467 e. The number of fused-ring (bicyclic) bond motifs is 1. The van der Waals surface area contributed by atoms with Crippen LogP contribution in [0.5, 0.6) is 0 Å². The van der Waals surface area contributed by atoms with Gasteiger partial charge in [0.05, 0.1) is 24.6 Å². The molecule has 0 fully saturated rings. The van der Waals surface area contributed by atoms with E-state index in [1.54, 1.807) is 18.9 Å². The smallest absolute Gasteiger partial charge is 0.200 e. The first kappa shape index (κ1) is 16.8. The van der Waals surface area contributed by atoms with Crippen molar-refractivity contribution in [3.05, 3.63) is 72.6 Å². The number of furan rings is 2. The first-order valence-corrected chi connectivity index (χ1v) is 9.48. The zero-order chi connectivity index (χ0) is 18.9. The van der Waals surface area contributed by atoms with Crippen molar-refractivity contribution in [2.75, 3.05) is 0 Å². The third-order valence-corrected chi connectivity index (χ3v) is 5.30. The van der Waals surface area contributed by atoms with Crippen LogP contribution >= 0.6 is 11.8 Å². The molecule has 0 atom stereocenters. The molecule has 0 aliphatic heterocycles. The minimum Gasteiger partial charge on any atom is -0.467 e. The molecule has 4 heterocycles. The number of aryl methyl sites for hydroxylation is 1. The van der Waals surface area contributed by atoms with Gasteiger partial charge >= 0.3 is 0 Å². The second-order valence-corrected chi connectivity index (χ2v) is 7.21. The number of benzene rings is 1. The SMILES string of the molecule is Cc1ccc2ncnc(Sc3nnc(-c4ccco4)n3Cc3ccco3)c2c1. The Morgan fingerprint density at radius 1 is 1.00 bits per heavy atom. The molecular formula is C20H15N5O2S. The van der Waals surface area contributed by atoms with Crippen LogP contribution in [0.3, 0.4) is 0 Å². The summed E-state index contributed by atoms with van der Waals surface area (Å²) in [5, 5.41) is 11.2. The van der Waals surface area contributed by atoms with E-state index in [0.29, 0.717) is 23.3 Å². The summed E-state index contributed by atoms with van der Waals surface area (Å²) in [5.41, 5.74) is 2.05. The molecule has 8 heteroatoms. The Labute approximate surface area is 164 Å². The summed E-state index contributed by atoms with van der Waals surface area (Å²) in [5.74, 6) is 2.09. The summed E-state index contributed by atoms with van der Waals surface area (Å²) in [4.78, 5) is 8.83. The summed E-state index contributed by atoms with van der Waals surface area (Å²) in [7, 11) is 0. The van der Waals surface area contributed by atoms with Gasteiger partial charge in [0, 0.05) is 5.39 Å². The van der Waals surface area contributed by atoms with Crippen molar-refractivity contribution >= 4 is 22.7 Å². The third-order valence-electron chi connectivity index (χ3n) is 4.29. The van der Waals surface area contributed by atoms with Crippen LogP contribution in [0.4, 0.5) is 0 Å². The molecule has 0 saturated heterocycles. The van der Waals surface area contributed by atoms with E-state index in [0.717, 1.165) is 27.3 Å². The maximum atomic E-state index is 5.54. The summed E-state index contributed by atoms with van der Waals surface area (Å²) >= 11 is 1.45. The van der Waals surface area contributed by atoms with Gasteiger partial charge < -0.3 is 8.83 Å². The summed E-state index contributed by atoms with van der Waals surface area (Å²) in [6.45, 7) is 2.54. The van der Waals surface area contributed by atoms with Crippen molar-refractivity contribution in [2.24, 2.45) is 0 Å². The van der Waals surface area contributed by atoms with E-state index in [2.05, 4.69) is 33.2 Å². The fraction of sp³-hybridized carbons (Fsp3) is 0.100. The van der Waals surface area contributed by atoms with E-state index in [4.69, 9.17) is 8.83 Å². The maximum absolute atomic E-state index is 5.54. The van der Waals surface area contributed by atoms with Crippen LogP contribution in [0.25, 0.3) is 22.5 Å². The molecule has 0 spiro atoms. The molecule has 0 unspecified atom stereocenters. The molecule has 0 bridgehead atoms. The van der Waals surface area contributed by atoms with Crippen LogP contribution in [0.15, 0.2) is 80.3 Å². The lowest BCUT2D eigenvalue weighted by Gasteiger charge is -2.08. The Morgan fingerprint density at radius 2 is 1.89 bits per heavy atom. The van der Waals surface area contributed by atoms with Crippen molar-refractivity contribution < 1.29 is 8.83 Å². The molecule has 28 heavy (non-hydrogen) atoms. The van der Waals surface area contributed by atoms with Gasteiger partial charge in [0.15, 0.2) is 10.9 Å². The lowest BCUT2D eigenvalue weighted by atomic mass is 10.2. The van der Waals surface area contributed by atoms with Gasteiger partial charge in [-0.2, -0.15) is 0 Å². The highest BCUT2D eigenvalue weighted by Crippen LogP contribution is 2.33. The topological polar surface area (TPSA) is 82.8 Å². The molecule has 5 aromatic rings. The van der Waals surface area contributed by atoms with E-state index < -0.39 is 0 Å². The van der Waals surface area contributed by atoms with Crippen molar-refractivity contribution in [3.63, 3.8) is 0 Å². The standard InChI is InChI=1S/C20H15N5O2S/c1-13-6-7-16-15(10-13)19(22-12-21-16)28-20-24-23-18(17-5-3-9-27-17)25(20)11-14-4-2-8-26-14/h2-10,12H,11H2,1H3. The Hall–Kier alpha value is -3.39. The Kier molecular flexibility index (Phi) is 4.17. The van der Waals surface area contributed by atoms with Crippen LogP contribution in [-0.4, -0.2) is 24.7 Å². The van der Waals surface area contributed by atoms with Gasteiger partial charge in [0.2, 0.25) is 5.82 Å². The number of aromatic nitrogens is 5. The van der Waals surface area contributed by atoms with Crippen molar-refractivity contribution in [1.29, 1.82) is 0 Å². The van der Waals surface area contributed by atoms with E-state index in [1.165, 1.54) is 11.8 Å². The fourth-order valence-corrected chi connectivity index (χ4v) is 3.86. The summed E-state index contributed by atoms with van der Waals surface area (Å²) in [6.07, 6.45) is 4.84. The average molecular weight is 389 g/mol. The van der Waals surface area contributed by atoms with E-state index in [9.17, 15) is 0 Å². The van der Waals surface area contributed by atoms with Crippen molar-refractivity contribution in [2.45, 2.75) is 23.7 Å². The normalized spacial score (nSPS) is 11.3. The minimum atomic E-state index is 0.487. The van der Waals surface area contributed by atoms with Gasteiger partial charge in [-0.1, -0.05) is 11.6 Å². The molecule has 0 aliphatic rings. The van der Waals surface area contributed by atoms with Crippen LogP contribution in [-0.2, 0) is 6.54 Å². The molecule has 0 aliphatic carbocycles. The molecule has 0 radical (unpaired) electrons. The van der Waals surface area contributed by atoms with Crippen LogP contribution in [0, 0.1) is 6.92 Å². The highest BCUT2D eigenvalue weighted by molar-refractivity contribution is 7.99. The first-order chi connectivity index (χ1) is 13.8. The van der Waals surface area contributed by atoms with Crippen molar-refractivity contribution in [1.82, 2.24) is 24.7 Å². The Balaban J connectivity index is 1.60. The van der Waals surface area contributed by atoms with Crippen molar-refractivity contribution in [3.8, 4) is 11.6 Å². The molecule has 0 N–H and O–H groups in total. The van der Waals surface area contributed by atoms with Gasteiger partial charge in [0.1, 0.15) is 17.1 Å². The zero-order valence-corrected chi connectivity index (χ0v) is 15.8. The van der Waals surface area contributed by atoms with Crippen LogP contribution < -0.4 is 0 Å². The van der Waals surface area contributed by atoms with Gasteiger partial charge in [-0.3, -0.25) is 4.57 Å². The van der Waals surface area contributed by atoms with Crippen LogP contribution in [0.2, 0.25) is 0 Å². The van der Waals surface area contributed by atoms with E-state index >= 15 is 0 Å². The van der Waals surface area contributed by atoms with E-state index in [-0.39, 0.29) is 0 Å². The molecule has 4 aromatic heterocycles. The van der Waals surface area contributed by atoms with Gasteiger partial charge in [-0.05, 0) is 55.1 Å². The highest BCUT2D eigenvalue weighted by Gasteiger charge is 2.19. The highest BCUT2D eigenvalue weighted by atomic mass is 32.2. The lowest BCUT2D eigenvalue weighted by Crippen LogP contribution is -2.03. The Bertz CT molecular complexity index is 1230. The third kappa shape index (κ3) is 3.07. The van der Waals surface area contributed by atoms with Gasteiger partial charge in [-0.25, -0.2) is 9.97 Å². The lowest BCUT2D eigenvalue weighted by molar-refractivity contribution is 0.482. The monoisotopic (exact) mass is 389 g/mol. The summed E-state index contributed by atoms with van der Waals surface area (Å²) < 4.78 is 13.0. The van der Waals surface area contributed by atoms with E-state index in [1.807, 2.05) is 41.0 Å². The second kappa shape index (κ2) is 6.97. The molecule has 0 amide bonds. The first-order valence-electron chi connectivity index (χ1n) is 8.66. The summed E-state index contributed by atoms with van der Waals surface area (Å²) in [6, 6.07) is 13.6. The van der Waals surface area contributed by atoms with Gasteiger partial charge in [-0.15, -0.1) is 10.2 Å². The number of nitrogens with zero attached hydrogens (tertiary/aromatic N) is 5. The molecule has 138 valence electrons.